The molecule has 1 aromatic heterocycles. The van der Waals surface area contributed by atoms with Gasteiger partial charge in [-0.15, -0.1) is 0 Å². The Labute approximate surface area is 107 Å². The largest absolute Gasteiger partial charge is 0.478 e. The quantitative estimate of drug-likeness (QED) is 0.896. The second-order valence-electron chi connectivity index (χ2n) is 3.86. The number of hydrogen-bond acceptors (Lipinski definition) is 3. The first-order valence-corrected chi connectivity index (χ1v) is 7.09. The Hall–Kier alpha value is -1.51. The zero-order chi connectivity index (χ0) is 14.8. The molecule has 19 heavy (non-hydrogen) atoms. The van der Waals surface area contributed by atoms with Crippen molar-refractivity contribution >= 4 is 15.8 Å². The first-order chi connectivity index (χ1) is 8.57. The zero-order valence-electron chi connectivity index (χ0n) is 9.94. The van der Waals surface area contributed by atoms with Crippen LogP contribution >= 0.6 is 0 Å². The number of sulfone groups is 1. The normalized spacial score (nSPS) is 12.6. The van der Waals surface area contributed by atoms with E-state index in [2.05, 4.69) is 0 Å². The highest BCUT2D eigenvalue weighted by Crippen LogP contribution is 2.32. The molecule has 0 aromatic carbocycles. The van der Waals surface area contributed by atoms with Gasteiger partial charge in [0.05, 0.1) is 16.9 Å². The maximum absolute atomic E-state index is 12.6. The van der Waals surface area contributed by atoms with E-state index in [9.17, 15) is 26.4 Å². The van der Waals surface area contributed by atoms with E-state index in [0.29, 0.717) is 6.20 Å². The summed E-state index contributed by atoms with van der Waals surface area (Å²) in [6, 6.07) is 0. The highest BCUT2D eigenvalue weighted by molar-refractivity contribution is 7.91. The number of nitrogens with zero attached hydrogens (tertiary/aromatic N) is 1. The standard InChI is InChI=1S/C10H12F3NO4S/c1-2-19(17,18)4-3-14-5-7(9(15)16)8(6-14)10(11,12)13/h5-6H,2-4H2,1H3,(H,15,16). The Morgan fingerprint density at radius 3 is 2.32 bits per heavy atom. The van der Waals surface area contributed by atoms with Crippen molar-refractivity contribution in [3.63, 3.8) is 0 Å². The molecule has 5 nitrogen and oxygen atoms in total. The summed E-state index contributed by atoms with van der Waals surface area (Å²) in [4.78, 5) is 10.7. The van der Waals surface area contributed by atoms with E-state index in [1.807, 2.05) is 0 Å². The van der Waals surface area contributed by atoms with E-state index < -0.39 is 33.1 Å². The minimum absolute atomic E-state index is 0.119. The fraction of sp³-hybridized carbons (Fsp3) is 0.500. The van der Waals surface area contributed by atoms with Gasteiger partial charge in [0.2, 0.25) is 0 Å². The Bertz CT molecular complexity index is 574. The number of carboxylic acid groups (broad SMARTS) is 1. The predicted octanol–water partition coefficient (Wildman–Crippen LogP) is 1.64. The second kappa shape index (κ2) is 5.24. The number of aromatic carboxylic acids is 1. The molecular weight excluding hydrogens is 287 g/mol. The number of aryl methyl sites for hydroxylation is 1. The van der Waals surface area contributed by atoms with Gasteiger partial charge in [-0.05, 0) is 0 Å². The van der Waals surface area contributed by atoms with Gasteiger partial charge in [0, 0.05) is 24.7 Å². The monoisotopic (exact) mass is 299 g/mol. The molecule has 1 N–H and O–H groups in total. The summed E-state index contributed by atoms with van der Waals surface area (Å²) in [6.07, 6.45) is -3.40. The van der Waals surface area contributed by atoms with E-state index in [4.69, 9.17) is 5.11 Å². The van der Waals surface area contributed by atoms with Crippen LogP contribution in [0.25, 0.3) is 0 Å². The Morgan fingerprint density at radius 1 is 1.37 bits per heavy atom. The van der Waals surface area contributed by atoms with Gasteiger partial charge < -0.3 is 9.67 Å². The van der Waals surface area contributed by atoms with Crippen molar-refractivity contribution in [3.8, 4) is 0 Å². The summed E-state index contributed by atoms with van der Waals surface area (Å²) < 4.78 is 61.1. The van der Waals surface area contributed by atoms with Crippen LogP contribution in [0.2, 0.25) is 0 Å². The van der Waals surface area contributed by atoms with Crippen LogP contribution in [0.4, 0.5) is 13.2 Å². The molecule has 0 aliphatic rings. The summed E-state index contributed by atoms with van der Waals surface area (Å²) in [7, 11) is -3.33. The second-order valence-corrected chi connectivity index (χ2v) is 6.34. The fourth-order valence-electron chi connectivity index (χ4n) is 1.42. The molecule has 9 heteroatoms. The Morgan fingerprint density at radius 2 is 1.95 bits per heavy atom. The van der Waals surface area contributed by atoms with Crippen LogP contribution < -0.4 is 0 Å². The molecule has 0 aliphatic carbocycles. The van der Waals surface area contributed by atoms with Gasteiger partial charge in [0.15, 0.2) is 9.84 Å². The molecular formula is C10H12F3NO4S. The maximum Gasteiger partial charge on any atom is 0.418 e. The molecule has 0 bridgehead atoms. The van der Waals surface area contributed by atoms with Crippen molar-refractivity contribution in [1.29, 1.82) is 0 Å². The SMILES string of the molecule is CCS(=O)(=O)CCn1cc(C(=O)O)c(C(F)(F)F)c1. The van der Waals surface area contributed by atoms with Crippen LogP contribution in [0.15, 0.2) is 12.4 Å². The molecule has 0 radical (unpaired) electrons. The number of aromatic nitrogens is 1. The van der Waals surface area contributed by atoms with Crippen molar-refractivity contribution in [2.45, 2.75) is 19.6 Å². The lowest BCUT2D eigenvalue weighted by molar-refractivity contribution is -0.138. The smallest absolute Gasteiger partial charge is 0.418 e. The average molecular weight is 299 g/mol. The lowest BCUT2D eigenvalue weighted by Crippen LogP contribution is -2.14. The topological polar surface area (TPSA) is 76.4 Å². The first-order valence-electron chi connectivity index (χ1n) is 5.27. The molecule has 0 saturated heterocycles. The van der Waals surface area contributed by atoms with E-state index in [1.165, 1.54) is 6.92 Å². The fourth-order valence-corrected chi connectivity index (χ4v) is 2.20. The zero-order valence-corrected chi connectivity index (χ0v) is 10.8. The molecule has 0 saturated carbocycles. The van der Waals surface area contributed by atoms with Crippen LogP contribution in [0.5, 0.6) is 0 Å². The van der Waals surface area contributed by atoms with Gasteiger partial charge in [-0.1, -0.05) is 6.92 Å². The molecule has 1 aromatic rings. The summed E-state index contributed by atoms with van der Waals surface area (Å²) in [5.74, 6) is -2.16. The highest BCUT2D eigenvalue weighted by Gasteiger charge is 2.37. The van der Waals surface area contributed by atoms with Gasteiger partial charge in [-0.25, -0.2) is 13.2 Å². The lowest BCUT2D eigenvalue weighted by atomic mass is 10.2. The molecule has 0 atom stereocenters. The highest BCUT2D eigenvalue weighted by atomic mass is 32.2. The minimum atomic E-state index is -4.79. The van der Waals surface area contributed by atoms with Crippen LogP contribution in [-0.4, -0.2) is 35.6 Å². The van der Waals surface area contributed by atoms with E-state index in [1.54, 1.807) is 0 Å². The maximum atomic E-state index is 12.6. The third-order valence-corrected chi connectivity index (χ3v) is 4.20. The molecule has 1 rings (SSSR count). The van der Waals surface area contributed by atoms with Crippen molar-refractivity contribution in [2.24, 2.45) is 0 Å². The molecule has 1 heterocycles. The lowest BCUT2D eigenvalue weighted by Gasteiger charge is -2.04. The van der Waals surface area contributed by atoms with Gasteiger partial charge in [0.1, 0.15) is 0 Å². The first kappa shape index (κ1) is 15.5. The molecule has 0 spiro atoms. The third kappa shape index (κ3) is 3.98. The number of rotatable bonds is 5. The van der Waals surface area contributed by atoms with Crippen LogP contribution in [0.1, 0.15) is 22.8 Å². The number of halogens is 3. The number of hydrogen-bond donors (Lipinski definition) is 1. The molecule has 0 aliphatic heterocycles. The molecule has 108 valence electrons. The van der Waals surface area contributed by atoms with Crippen molar-refractivity contribution in [1.82, 2.24) is 4.57 Å². The van der Waals surface area contributed by atoms with E-state index in [0.717, 1.165) is 10.8 Å². The van der Waals surface area contributed by atoms with Gasteiger partial charge >= 0.3 is 12.1 Å². The van der Waals surface area contributed by atoms with Gasteiger partial charge in [-0.3, -0.25) is 0 Å². The minimum Gasteiger partial charge on any atom is -0.478 e. The van der Waals surface area contributed by atoms with Crippen LogP contribution in [-0.2, 0) is 22.6 Å². The van der Waals surface area contributed by atoms with E-state index in [-0.39, 0.29) is 18.1 Å². The summed E-state index contributed by atoms with van der Waals surface area (Å²) in [5, 5.41) is 8.68. The molecule has 0 fully saturated rings. The van der Waals surface area contributed by atoms with Gasteiger partial charge in [-0.2, -0.15) is 13.2 Å². The number of carboxylic acids is 1. The average Bonchev–Trinajstić information content (AvgIpc) is 2.70. The van der Waals surface area contributed by atoms with Crippen molar-refractivity contribution < 1.29 is 31.5 Å². The summed E-state index contributed by atoms with van der Waals surface area (Å²) in [6.45, 7) is 1.21. The number of alkyl halides is 3. The van der Waals surface area contributed by atoms with E-state index >= 15 is 0 Å². The van der Waals surface area contributed by atoms with Crippen molar-refractivity contribution in [2.75, 3.05) is 11.5 Å². The third-order valence-electron chi connectivity index (χ3n) is 2.52. The summed E-state index contributed by atoms with van der Waals surface area (Å²) in [5.41, 5.74) is -2.17. The van der Waals surface area contributed by atoms with Crippen LogP contribution in [0.3, 0.4) is 0 Å². The molecule has 0 amide bonds. The Balaban J connectivity index is 3.03. The van der Waals surface area contributed by atoms with Crippen LogP contribution in [0, 0.1) is 0 Å². The van der Waals surface area contributed by atoms with Gasteiger partial charge in [0.25, 0.3) is 0 Å². The van der Waals surface area contributed by atoms with Crippen molar-refractivity contribution in [3.05, 3.63) is 23.5 Å². The molecule has 0 unspecified atom stereocenters. The number of carbonyl (C=O) groups is 1. The predicted molar refractivity (Wildman–Crippen MR) is 60.7 cm³/mol. The Kier molecular flexibility index (Phi) is 4.28. The summed E-state index contributed by atoms with van der Waals surface area (Å²) >= 11 is 0.